The van der Waals surface area contributed by atoms with E-state index >= 15 is 0 Å². The van der Waals surface area contributed by atoms with E-state index in [9.17, 15) is 14.0 Å². The summed E-state index contributed by atoms with van der Waals surface area (Å²) in [7, 11) is 0. The third-order valence-electron chi connectivity index (χ3n) is 3.23. The molecule has 0 bridgehead atoms. The van der Waals surface area contributed by atoms with E-state index in [1.807, 2.05) is 13.8 Å². The molecule has 1 aromatic carbocycles. The highest BCUT2D eigenvalue weighted by atomic mass is 19.1. The van der Waals surface area contributed by atoms with Crippen LogP contribution in [0.15, 0.2) is 24.3 Å². The Labute approximate surface area is 123 Å². The number of hydrogen-bond donors (Lipinski definition) is 3. The van der Waals surface area contributed by atoms with Crippen molar-refractivity contribution in [2.45, 2.75) is 39.3 Å². The number of carbonyl (C=O) groups is 2. The average molecular weight is 296 g/mol. The topological polar surface area (TPSA) is 78.4 Å². The van der Waals surface area contributed by atoms with E-state index in [2.05, 4.69) is 10.6 Å². The molecule has 0 fully saturated rings. The van der Waals surface area contributed by atoms with Gasteiger partial charge in [-0.1, -0.05) is 26.0 Å². The van der Waals surface area contributed by atoms with E-state index in [-0.39, 0.29) is 24.2 Å². The van der Waals surface area contributed by atoms with Gasteiger partial charge < -0.3 is 15.7 Å². The van der Waals surface area contributed by atoms with Crippen LogP contribution in [-0.4, -0.2) is 23.1 Å². The van der Waals surface area contributed by atoms with Gasteiger partial charge in [0.25, 0.3) is 0 Å². The molecule has 0 aliphatic heterocycles. The van der Waals surface area contributed by atoms with Crippen molar-refractivity contribution >= 4 is 12.0 Å². The number of nitrogens with one attached hydrogen (secondary N) is 2. The van der Waals surface area contributed by atoms with Crippen molar-refractivity contribution in [3.8, 4) is 0 Å². The highest BCUT2D eigenvalue weighted by molar-refractivity contribution is 5.76. The number of carboxylic acids is 1. The van der Waals surface area contributed by atoms with Gasteiger partial charge in [0.2, 0.25) is 0 Å². The molecule has 0 radical (unpaired) electrons. The number of amides is 2. The SMILES string of the molecule is CC(NC(=O)NC(CC(=O)O)C(C)C)c1ccc(F)cc1. The number of aliphatic carboxylic acids is 1. The van der Waals surface area contributed by atoms with Gasteiger partial charge in [-0.3, -0.25) is 4.79 Å². The van der Waals surface area contributed by atoms with Crippen LogP contribution in [-0.2, 0) is 4.79 Å². The molecule has 0 heterocycles. The van der Waals surface area contributed by atoms with Crippen LogP contribution in [0.25, 0.3) is 0 Å². The summed E-state index contributed by atoms with van der Waals surface area (Å²) in [5, 5.41) is 14.2. The van der Waals surface area contributed by atoms with Crippen LogP contribution < -0.4 is 10.6 Å². The molecule has 3 N–H and O–H groups in total. The Morgan fingerprint density at radius 1 is 1.14 bits per heavy atom. The Morgan fingerprint density at radius 3 is 2.19 bits per heavy atom. The molecule has 0 saturated carbocycles. The molecule has 0 spiro atoms. The Hall–Kier alpha value is -2.11. The highest BCUT2D eigenvalue weighted by Crippen LogP contribution is 2.13. The summed E-state index contributed by atoms with van der Waals surface area (Å²) >= 11 is 0. The number of benzene rings is 1. The smallest absolute Gasteiger partial charge is 0.315 e. The largest absolute Gasteiger partial charge is 0.481 e. The summed E-state index contributed by atoms with van der Waals surface area (Å²) in [6, 6.07) is 4.66. The average Bonchev–Trinajstić information content (AvgIpc) is 2.37. The van der Waals surface area contributed by atoms with Crippen LogP contribution in [0.3, 0.4) is 0 Å². The Balaban J connectivity index is 2.58. The maximum Gasteiger partial charge on any atom is 0.315 e. The third-order valence-corrected chi connectivity index (χ3v) is 3.23. The van der Waals surface area contributed by atoms with Crippen LogP contribution >= 0.6 is 0 Å². The third kappa shape index (κ3) is 5.81. The van der Waals surface area contributed by atoms with Gasteiger partial charge in [0.1, 0.15) is 5.82 Å². The normalized spacial score (nSPS) is 13.6. The molecule has 21 heavy (non-hydrogen) atoms. The van der Waals surface area contributed by atoms with Crippen LogP contribution in [0.4, 0.5) is 9.18 Å². The first-order valence-electron chi connectivity index (χ1n) is 6.84. The van der Waals surface area contributed by atoms with Gasteiger partial charge in [-0.25, -0.2) is 9.18 Å². The van der Waals surface area contributed by atoms with Crippen molar-refractivity contribution in [2.75, 3.05) is 0 Å². The number of hydrogen-bond acceptors (Lipinski definition) is 2. The van der Waals surface area contributed by atoms with E-state index in [1.54, 1.807) is 19.1 Å². The van der Waals surface area contributed by atoms with E-state index in [0.717, 1.165) is 5.56 Å². The lowest BCUT2D eigenvalue weighted by molar-refractivity contribution is -0.137. The molecule has 6 heteroatoms. The van der Waals surface area contributed by atoms with Crippen molar-refractivity contribution in [1.29, 1.82) is 0 Å². The first kappa shape index (κ1) is 16.9. The van der Waals surface area contributed by atoms with Gasteiger partial charge in [0.15, 0.2) is 0 Å². The number of urea groups is 1. The lowest BCUT2D eigenvalue weighted by atomic mass is 10.0. The molecule has 0 aliphatic carbocycles. The molecule has 5 nitrogen and oxygen atoms in total. The van der Waals surface area contributed by atoms with Gasteiger partial charge in [-0.15, -0.1) is 0 Å². The monoisotopic (exact) mass is 296 g/mol. The first-order valence-corrected chi connectivity index (χ1v) is 6.84. The molecule has 2 amide bonds. The lowest BCUT2D eigenvalue weighted by Gasteiger charge is -2.22. The van der Waals surface area contributed by atoms with E-state index in [1.165, 1.54) is 12.1 Å². The molecule has 0 aromatic heterocycles. The minimum absolute atomic E-state index is 0.00739. The zero-order chi connectivity index (χ0) is 16.0. The summed E-state index contributed by atoms with van der Waals surface area (Å²) in [5.74, 6) is -1.29. The second-order valence-electron chi connectivity index (χ2n) is 5.34. The van der Waals surface area contributed by atoms with E-state index in [4.69, 9.17) is 5.11 Å². The van der Waals surface area contributed by atoms with Crippen molar-refractivity contribution in [3.05, 3.63) is 35.6 Å². The van der Waals surface area contributed by atoms with E-state index in [0.29, 0.717) is 0 Å². The maximum absolute atomic E-state index is 12.8. The minimum atomic E-state index is -0.958. The van der Waals surface area contributed by atoms with Crippen molar-refractivity contribution < 1.29 is 19.1 Å². The Morgan fingerprint density at radius 2 is 1.71 bits per heavy atom. The van der Waals surface area contributed by atoms with Gasteiger partial charge in [-0.05, 0) is 30.5 Å². The number of rotatable bonds is 6. The zero-order valence-corrected chi connectivity index (χ0v) is 12.4. The van der Waals surface area contributed by atoms with Crippen LogP contribution in [0.5, 0.6) is 0 Å². The first-order chi connectivity index (χ1) is 9.79. The second kappa shape index (κ2) is 7.61. The Bertz CT molecular complexity index is 488. The summed E-state index contributed by atoms with van der Waals surface area (Å²) in [6.07, 6.45) is -0.129. The highest BCUT2D eigenvalue weighted by Gasteiger charge is 2.20. The van der Waals surface area contributed by atoms with Gasteiger partial charge in [-0.2, -0.15) is 0 Å². The summed E-state index contributed by atoms with van der Waals surface area (Å²) < 4.78 is 12.8. The molecule has 2 atom stereocenters. The van der Waals surface area contributed by atoms with Crippen molar-refractivity contribution in [2.24, 2.45) is 5.92 Å². The molecule has 0 saturated heterocycles. The fourth-order valence-corrected chi connectivity index (χ4v) is 1.88. The van der Waals surface area contributed by atoms with Gasteiger partial charge in [0.05, 0.1) is 12.5 Å². The summed E-state index contributed by atoms with van der Waals surface area (Å²) in [4.78, 5) is 22.7. The lowest BCUT2D eigenvalue weighted by Crippen LogP contribution is -2.46. The number of carbonyl (C=O) groups excluding carboxylic acids is 1. The van der Waals surface area contributed by atoms with Crippen LogP contribution in [0, 0.1) is 11.7 Å². The fraction of sp³-hybridized carbons (Fsp3) is 0.467. The summed E-state index contributed by atoms with van der Waals surface area (Å²) in [6.45, 7) is 5.46. The zero-order valence-electron chi connectivity index (χ0n) is 12.4. The number of halogens is 1. The second-order valence-corrected chi connectivity index (χ2v) is 5.34. The molecule has 1 aromatic rings. The maximum atomic E-state index is 12.8. The van der Waals surface area contributed by atoms with Gasteiger partial charge in [0, 0.05) is 6.04 Å². The number of carboxylic acid groups (broad SMARTS) is 1. The molecule has 0 aliphatic rings. The fourth-order valence-electron chi connectivity index (χ4n) is 1.88. The van der Waals surface area contributed by atoms with E-state index < -0.39 is 18.0 Å². The van der Waals surface area contributed by atoms with Gasteiger partial charge >= 0.3 is 12.0 Å². The predicted octanol–water partition coefficient (Wildman–Crippen LogP) is 2.69. The molecular weight excluding hydrogens is 275 g/mol. The van der Waals surface area contributed by atoms with Crippen LogP contribution in [0.1, 0.15) is 38.8 Å². The standard InChI is InChI=1S/C15H21FN2O3/c1-9(2)13(8-14(19)20)18-15(21)17-10(3)11-4-6-12(16)7-5-11/h4-7,9-10,13H,8H2,1-3H3,(H,19,20)(H2,17,18,21). The molecule has 1 rings (SSSR count). The molecule has 116 valence electrons. The predicted molar refractivity (Wildman–Crippen MR) is 77.4 cm³/mol. The van der Waals surface area contributed by atoms with Crippen molar-refractivity contribution in [1.82, 2.24) is 10.6 Å². The quantitative estimate of drug-likeness (QED) is 0.755. The van der Waals surface area contributed by atoms with Crippen LogP contribution in [0.2, 0.25) is 0 Å². The van der Waals surface area contributed by atoms with Crippen molar-refractivity contribution in [3.63, 3.8) is 0 Å². The Kier molecular flexibility index (Phi) is 6.14. The minimum Gasteiger partial charge on any atom is -0.481 e. The summed E-state index contributed by atoms with van der Waals surface area (Å²) in [5.41, 5.74) is 0.769. The molecule has 2 unspecified atom stereocenters. The molecular formula is C15H21FN2O3.